The molecule has 0 fully saturated rings. The average molecular weight is 295 g/mol. The van der Waals surface area contributed by atoms with Crippen molar-refractivity contribution in [2.45, 2.75) is 6.92 Å². The predicted molar refractivity (Wildman–Crippen MR) is 84.5 cm³/mol. The zero-order valence-electron chi connectivity index (χ0n) is 11.4. The summed E-state index contributed by atoms with van der Waals surface area (Å²) >= 11 is 1.50. The molecular formula is C16H13N3OS. The van der Waals surface area contributed by atoms with Crippen molar-refractivity contribution in [1.29, 1.82) is 0 Å². The van der Waals surface area contributed by atoms with E-state index in [-0.39, 0.29) is 5.91 Å². The van der Waals surface area contributed by atoms with Crippen LogP contribution < -0.4 is 5.32 Å². The number of nitrogens with zero attached hydrogens (tertiary/aromatic N) is 2. The molecule has 1 aromatic carbocycles. The summed E-state index contributed by atoms with van der Waals surface area (Å²) in [4.78, 5) is 20.5. The van der Waals surface area contributed by atoms with Crippen molar-refractivity contribution >= 4 is 22.9 Å². The summed E-state index contributed by atoms with van der Waals surface area (Å²) in [7, 11) is 0. The molecule has 2 aromatic heterocycles. The largest absolute Gasteiger partial charge is 0.322 e. The van der Waals surface area contributed by atoms with E-state index in [4.69, 9.17) is 0 Å². The highest BCUT2D eigenvalue weighted by Gasteiger charge is 2.07. The lowest BCUT2D eigenvalue weighted by Crippen LogP contribution is -2.10. The Morgan fingerprint density at radius 3 is 2.90 bits per heavy atom. The molecule has 0 bridgehead atoms. The molecule has 5 heteroatoms. The van der Waals surface area contributed by atoms with E-state index in [0.717, 1.165) is 22.8 Å². The predicted octanol–water partition coefficient (Wildman–Crippen LogP) is 3.77. The van der Waals surface area contributed by atoms with Gasteiger partial charge in [-0.05, 0) is 36.6 Å². The summed E-state index contributed by atoms with van der Waals surface area (Å²) in [6, 6.07) is 11.3. The third-order valence-electron chi connectivity index (χ3n) is 2.98. The van der Waals surface area contributed by atoms with Crippen molar-refractivity contribution in [2.75, 3.05) is 5.32 Å². The Hall–Kier alpha value is -2.53. The monoisotopic (exact) mass is 295 g/mol. The number of anilines is 1. The summed E-state index contributed by atoms with van der Waals surface area (Å²) in [5.74, 6) is 0.618. The fourth-order valence-corrected chi connectivity index (χ4v) is 2.61. The summed E-state index contributed by atoms with van der Waals surface area (Å²) in [5.41, 5.74) is 3.21. The highest BCUT2D eigenvalue weighted by Crippen LogP contribution is 2.21. The first kappa shape index (κ1) is 13.5. The van der Waals surface area contributed by atoms with Gasteiger partial charge in [0.15, 0.2) is 0 Å². The molecule has 2 heterocycles. The lowest BCUT2D eigenvalue weighted by atomic mass is 10.1. The number of benzene rings is 1. The van der Waals surface area contributed by atoms with Crippen LogP contribution in [0.4, 0.5) is 5.69 Å². The van der Waals surface area contributed by atoms with Crippen molar-refractivity contribution in [3.05, 3.63) is 64.7 Å². The normalized spacial score (nSPS) is 10.3. The molecular weight excluding hydrogens is 282 g/mol. The third kappa shape index (κ3) is 3.14. The van der Waals surface area contributed by atoms with Crippen LogP contribution in [-0.4, -0.2) is 15.9 Å². The van der Waals surface area contributed by atoms with Gasteiger partial charge in [-0.15, -0.1) is 0 Å². The molecule has 1 N–H and O–H groups in total. The van der Waals surface area contributed by atoms with Gasteiger partial charge >= 0.3 is 0 Å². The number of carbonyl (C=O) groups excluding carboxylic acids is 1. The molecule has 3 aromatic rings. The lowest BCUT2D eigenvalue weighted by Gasteiger charge is -2.07. The Bertz CT molecular complexity index is 769. The van der Waals surface area contributed by atoms with Crippen molar-refractivity contribution in [3.63, 3.8) is 0 Å². The van der Waals surface area contributed by atoms with Gasteiger partial charge in [0.2, 0.25) is 0 Å². The van der Waals surface area contributed by atoms with Crippen molar-refractivity contribution in [2.24, 2.45) is 0 Å². The van der Waals surface area contributed by atoms with Crippen LogP contribution in [-0.2, 0) is 0 Å². The molecule has 0 saturated heterocycles. The van der Waals surface area contributed by atoms with Gasteiger partial charge < -0.3 is 5.32 Å². The number of aromatic nitrogens is 2. The lowest BCUT2D eigenvalue weighted by molar-refractivity contribution is 0.102. The third-order valence-corrected chi connectivity index (χ3v) is 3.66. The molecule has 3 rings (SSSR count). The summed E-state index contributed by atoms with van der Waals surface area (Å²) in [6.07, 6.45) is 1.73. The molecule has 0 atom stereocenters. The summed E-state index contributed by atoms with van der Waals surface area (Å²) < 4.78 is 0. The number of thiophene rings is 1. The minimum atomic E-state index is -0.104. The summed E-state index contributed by atoms with van der Waals surface area (Å²) in [6.45, 7) is 1.85. The van der Waals surface area contributed by atoms with Crippen molar-refractivity contribution in [1.82, 2.24) is 9.97 Å². The highest BCUT2D eigenvalue weighted by molar-refractivity contribution is 7.08. The van der Waals surface area contributed by atoms with E-state index in [1.54, 1.807) is 12.3 Å². The second kappa shape index (κ2) is 5.85. The van der Waals surface area contributed by atoms with E-state index in [1.165, 1.54) is 11.3 Å². The Morgan fingerprint density at radius 1 is 1.24 bits per heavy atom. The molecule has 0 aliphatic carbocycles. The molecule has 0 saturated carbocycles. The molecule has 0 radical (unpaired) electrons. The van der Waals surface area contributed by atoms with Gasteiger partial charge in [0.1, 0.15) is 5.82 Å². The Balaban J connectivity index is 1.85. The number of nitrogens with one attached hydrogen (secondary N) is 1. The number of aryl methyl sites for hydroxylation is 1. The topological polar surface area (TPSA) is 54.9 Å². The Labute approximate surface area is 126 Å². The molecule has 0 spiro atoms. The van der Waals surface area contributed by atoms with Gasteiger partial charge in [0.05, 0.1) is 11.3 Å². The van der Waals surface area contributed by atoms with E-state index >= 15 is 0 Å². The number of hydrogen-bond acceptors (Lipinski definition) is 4. The Morgan fingerprint density at radius 2 is 2.14 bits per heavy atom. The smallest absolute Gasteiger partial charge is 0.256 e. The van der Waals surface area contributed by atoms with Gasteiger partial charge in [-0.25, -0.2) is 9.97 Å². The molecule has 0 aliphatic heterocycles. The maximum Gasteiger partial charge on any atom is 0.256 e. The molecule has 0 unspecified atom stereocenters. The number of hydrogen-bond donors (Lipinski definition) is 1. The fourth-order valence-electron chi connectivity index (χ4n) is 1.97. The minimum absolute atomic E-state index is 0.104. The van der Waals surface area contributed by atoms with E-state index < -0.39 is 0 Å². The standard InChI is InChI=1S/C16H13N3OS/c1-11-17-7-5-15(18-11)12-3-2-4-14(9-12)19-16(20)13-6-8-21-10-13/h2-10H,1H3,(H,19,20). The first-order chi connectivity index (χ1) is 10.2. The molecule has 4 nitrogen and oxygen atoms in total. The minimum Gasteiger partial charge on any atom is -0.322 e. The first-order valence-corrected chi connectivity index (χ1v) is 7.40. The fraction of sp³-hybridized carbons (Fsp3) is 0.0625. The number of carbonyl (C=O) groups is 1. The molecule has 0 aliphatic rings. The van der Waals surface area contributed by atoms with Gasteiger partial charge in [-0.2, -0.15) is 11.3 Å². The quantitative estimate of drug-likeness (QED) is 0.800. The SMILES string of the molecule is Cc1nccc(-c2cccc(NC(=O)c3ccsc3)c2)n1. The van der Waals surface area contributed by atoms with Crippen LogP contribution in [0.3, 0.4) is 0 Å². The van der Waals surface area contributed by atoms with Gasteiger partial charge in [-0.3, -0.25) is 4.79 Å². The molecule has 104 valence electrons. The second-order valence-electron chi connectivity index (χ2n) is 4.54. The van der Waals surface area contributed by atoms with Crippen LogP contribution in [0.15, 0.2) is 53.4 Å². The Kier molecular flexibility index (Phi) is 3.75. The molecule has 1 amide bonds. The van der Waals surface area contributed by atoms with Crippen LogP contribution in [0.2, 0.25) is 0 Å². The van der Waals surface area contributed by atoms with Crippen LogP contribution in [0.5, 0.6) is 0 Å². The zero-order chi connectivity index (χ0) is 14.7. The van der Waals surface area contributed by atoms with Crippen molar-refractivity contribution in [3.8, 4) is 11.3 Å². The van der Waals surface area contributed by atoms with Gasteiger partial charge in [-0.1, -0.05) is 12.1 Å². The van der Waals surface area contributed by atoms with E-state index in [0.29, 0.717) is 5.56 Å². The molecule has 21 heavy (non-hydrogen) atoms. The van der Waals surface area contributed by atoms with Crippen LogP contribution in [0.1, 0.15) is 16.2 Å². The van der Waals surface area contributed by atoms with Gasteiger partial charge in [0.25, 0.3) is 5.91 Å². The number of amides is 1. The maximum absolute atomic E-state index is 12.0. The van der Waals surface area contributed by atoms with E-state index in [1.807, 2.05) is 48.0 Å². The first-order valence-electron chi connectivity index (χ1n) is 6.46. The number of rotatable bonds is 3. The summed E-state index contributed by atoms with van der Waals surface area (Å²) in [5, 5.41) is 6.60. The van der Waals surface area contributed by atoms with Crippen molar-refractivity contribution < 1.29 is 4.79 Å². The zero-order valence-corrected chi connectivity index (χ0v) is 12.2. The highest BCUT2D eigenvalue weighted by atomic mass is 32.1. The van der Waals surface area contributed by atoms with Crippen LogP contribution in [0.25, 0.3) is 11.3 Å². The maximum atomic E-state index is 12.0. The average Bonchev–Trinajstić information content (AvgIpc) is 3.02. The van der Waals surface area contributed by atoms with E-state index in [2.05, 4.69) is 15.3 Å². The van der Waals surface area contributed by atoms with E-state index in [9.17, 15) is 4.79 Å². The van der Waals surface area contributed by atoms with Crippen LogP contribution in [0, 0.1) is 6.92 Å². The second-order valence-corrected chi connectivity index (χ2v) is 5.32. The van der Waals surface area contributed by atoms with Gasteiger partial charge in [0, 0.05) is 22.8 Å². The van der Waals surface area contributed by atoms with Crippen LogP contribution >= 0.6 is 11.3 Å².